The summed E-state index contributed by atoms with van der Waals surface area (Å²) >= 11 is 0. The van der Waals surface area contributed by atoms with Crippen LogP contribution in [0.5, 0.6) is 5.75 Å². The predicted octanol–water partition coefficient (Wildman–Crippen LogP) is 1.75. The van der Waals surface area contributed by atoms with Crippen LogP contribution in [0.15, 0.2) is 36.4 Å². The molecule has 0 aliphatic carbocycles. The molecule has 100 valence electrons. The third kappa shape index (κ3) is 2.36. The van der Waals surface area contributed by atoms with Crippen LogP contribution in [0.2, 0.25) is 0 Å². The number of fused-ring (bicyclic) bond motifs is 1. The third-order valence-corrected chi connectivity index (χ3v) is 3.70. The highest BCUT2D eigenvalue weighted by Crippen LogP contribution is 2.27. The van der Waals surface area contributed by atoms with Gasteiger partial charge in [0.05, 0.1) is 32.3 Å². The Morgan fingerprint density at radius 3 is 2.84 bits per heavy atom. The summed E-state index contributed by atoms with van der Waals surface area (Å²) in [6, 6.07) is 7.93. The fourth-order valence-electron chi connectivity index (χ4n) is 2.62. The van der Waals surface area contributed by atoms with E-state index >= 15 is 0 Å². The summed E-state index contributed by atoms with van der Waals surface area (Å²) < 4.78 is 11.0. The van der Waals surface area contributed by atoms with Crippen LogP contribution < -0.4 is 4.74 Å². The van der Waals surface area contributed by atoms with Crippen LogP contribution >= 0.6 is 0 Å². The summed E-state index contributed by atoms with van der Waals surface area (Å²) in [5.41, 5.74) is 1.09. The quantitative estimate of drug-likeness (QED) is 0.773. The number of hydrogen-bond donors (Lipinski definition) is 0. The number of carbonyl (C=O) groups is 1. The molecule has 0 unspecified atom stereocenters. The van der Waals surface area contributed by atoms with E-state index in [1.165, 1.54) is 0 Å². The molecule has 2 aliphatic heterocycles. The third-order valence-electron chi connectivity index (χ3n) is 3.70. The maximum Gasteiger partial charge on any atom is 0.226 e. The van der Waals surface area contributed by atoms with Crippen LogP contribution in [0.25, 0.3) is 0 Å². The molecule has 2 aliphatic rings. The fourth-order valence-corrected chi connectivity index (χ4v) is 2.62. The molecule has 0 N–H and O–H groups in total. The van der Waals surface area contributed by atoms with Crippen molar-refractivity contribution < 1.29 is 14.3 Å². The highest BCUT2D eigenvalue weighted by atomic mass is 16.5. The molecule has 19 heavy (non-hydrogen) atoms. The van der Waals surface area contributed by atoms with Gasteiger partial charge < -0.3 is 14.4 Å². The summed E-state index contributed by atoms with van der Waals surface area (Å²) in [4.78, 5) is 13.6. The van der Waals surface area contributed by atoms with E-state index in [2.05, 4.69) is 6.08 Å². The van der Waals surface area contributed by atoms with E-state index in [0.29, 0.717) is 13.0 Å². The first-order valence-corrected chi connectivity index (χ1v) is 6.48. The standard InChI is InChI=1S/C15H17NO3/c1-18-12-6-4-11(5-7-12)10-19-14-9-15(17)16-8-2-3-13(14)16/h2-7,13-14H,8-10H2,1H3/t13-,14-/m0/s1. The second kappa shape index (κ2) is 5.05. The Morgan fingerprint density at radius 1 is 1.32 bits per heavy atom. The SMILES string of the molecule is COc1ccc(CO[C@H]2CC(=O)N3CC=C[C@@H]23)cc1. The van der Waals surface area contributed by atoms with Gasteiger partial charge in [-0.05, 0) is 17.7 Å². The number of rotatable bonds is 4. The average molecular weight is 259 g/mol. The lowest BCUT2D eigenvalue weighted by atomic mass is 10.1. The molecule has 4 heteroatoms. The van der Waals surface area contributed by atoms with E-state index < -0.39 is 0 Å². The minimum atomic E-state index is -0.0200. The number of ether oxygens (including phenoxy) is 2. The van der Waals surface area contributed by atoms with Gasteiger partial charge in [-0.3, -0.25) is 4.79 Å². The van der Waals surface area contributed by atoms with Gasteiger partial charge in [-0.15, -0.1) is 0 Å². The minimum Gasteiger partial charge on any atom is -0.497 e. The molecule has 1 fully saturated rings. The Kier molecular flexibility index (Phi) is 3.25. The van der Waals surface area contributed by atoms with Gasteiger partial charge in [-0.2, -0.15) is 0 Å². The molecule has 1 aromatic carbocycles. The molecule has 2 atom stereocenters. The molecule has 1 aromatic rings. The van der Waals surface area contributed by atoms with Gasteiger partial charge in [-0.1, -0.05) is 24.3 Å². The number of nitrogens with zero attached hydrogens (tertiary/aromatic N) is 1. The molecule has 1 amide bonds. The lowest BCUT2D eigenvalue weighted by molar-refractivity contribution is -0.127. The van der Waals surface area contributed by atoms with Crippen molar-refractivity contribution >= 4 is 5.91 Å². The average Bonchev–Trinajstić information content (AvgIpc) is 3.02. The zero-order chi connectivity index (χ0) is 13.2. The van der Waals surface area contributed by atoms with Gasteiger partial charge in [0.2, 0.25) is 5.91 Å². The van der Waals surface area contributed by atoms with E-state index in [0.717, 1.165) is 17.9 Å². The van der Waals surface area contributed by atoms with Gasteiger partial charge in [0.15, 0.2) is 0 Å². The fraction of sp³-hybridized carbons (Fsp3) is 0.400. The van der Waals surface area contributed by atoms with Gasteiger partial charge in [0.25, 0.3) is 0 Å². The first-order chi connectivity index (χ1) is 9.28. The molecule has 3 rings (SSSR count). The van der Waals surface area contributed by atoms with E-state index in [-0.39, 0.29) is 18.1 Å². The number of benzene rings is 1. The Balaban J connectivity index is 1.60. The summed E-state index contributed by atoms with van der Waals surface area (Å²) in [7, 11) is 1.65. The van der Waals surface area contributed by atoms with Crippen molar-refractivity contribution in [1.29, 1.82) is 0 Å². The number of amides is 1. The van der Waals surface area contributed by atoms with Crippen LogP contribution in [-0.2, 0) is 16.1 Å². The number of methoxy groups -OCH3 is 1. The van der Waals surface area contributed by atoms with Crippen molar-refractivity contribution in [3.63, 3.8) is 0 Å². The van der Waals surface area contributed by atoms with E-state index in [1.807, 2.05) is 35.2 Å². The maximum atomic E-state index is 11.8. The van der Waals surface area contributed by atoms with Crippen LogP contribution in [-0.4, -0.2) is 36.6 Å². The Labute approximate surface area is 112 Å². The first-order valence-electron chi connectivity index (χ1n) is 6.48. The summed E-state index contributed by atoms with van der Waals surface area (Å²) in [5.74, 6) is 1.03. The predicted molar refractivity (Wildman–Crippen MR) is 70.8 cm³/mol. The van der Waals surface area contributed by atoms with E-state index in [4.69, 9.17) is 9.47 Å². The first kappa shape index (κ1) is 12.2. The molecular formula is C15H17NO3. The number of hydrogen-bond acceptors (Lipinski definition) is 3. The summed E-state index contributed by atoms with van der Waals surface area (Å²) in [5, 5.41) is 0. The maximum absolute atomic E-state index is 11.8. The van der Waals surface area contributed by atoms with Gasteiger partial charge in [-0.25, -0.2) is 0 Å². The monoisotopic (exact) mass is 259 g/mol. The topological polar surface area (TPSA) is 38.8 Å². The molecule has 1 saturated heterocycles. The molecule has 0 bridgehead atoms. The summed E-state index contributed by atoms with van der Waals surface area (Å²) in [6.45, 7) is 1.26. The largest absolute Gasteiger partial charge is 0.497 e. The minimum absolute atomic E-state index is 0.0200. The lowest BCUT2D eigenvalue weighted by Gasteiger charge is -2.19. The lowest BCUT2D eigenvalue weighted by Crippen LogP contribution is -2.32. The molecule has 0 radical (unpaired) electrons. The summed E-state index contributed by atoms with van der Waals surface area (Å²) in [6.07, 6.45) is 4.58. The smallest absolute Gasteiger partial charge is 0.226 e. The van der Waals surface area contributed by atoms with Crippen molar-refractivity contribution in [2.45, 2.75) is 25.2 Å². The highest BCUT2D eigenvalue weighted by Gasteiger charge is 2.40. The van der Waals surface area contributed by atoms with Crippen molar-refractivity contribution in [3.8, 4) is 5.75 Å². The van der Waals surface area contributed by atoms with Gasteiger partial charge >= 0.3 is 0 Å². The van der Waals surface area contributed by atoms with Crippen molar-refractivity contribution in [1.82, 2.24) is 4.90 Å². The Morgan fingerprint density at radius 2 is 2.11 bits per heavy atom. The zero-order valence-electron chi connectivity index (χ0n) is 10.9. The Bertz CT molecular complexity index is 495. The van der Waals surface area contributed by atoms with Gasteiger partial charge in [0.1, 0.15) is 5.75 Å². The number of carbonyl (C=O) groups excluding carboxylic acids is 1. The van der Waals surface area contributed by atoms with E-state index in [1.54, 1.807) is 7.11 Å². The molecular weight excluding hydrogens is 242 g/mol. The van der Waals surface area contributed by atoms with Gasteiger partial charge in [0, 0.05) is 6.54 Å². The van der Waals surface area contributed by atoms with Crippen molar-refractivity contribution in [3.05, 3.63) is 42.0 Å². The van der Waals surface area contributed by atoms with Crippen LogP contribution in [0.1, 0.15) is 12.0 Å². The highest BCUT2D eigenvalue weighted by molar-refractivity contribution is 5.81. The Hall–Kier alpha value is -1.81. The van der Waals surface area contributed by atoms with Crippen LogP contribution in [0.3, 0.4) is 0 Å². The van der Waals surface area contributed by atoms with Crippen LogP contribution in [0.4, 0.5) is 0 Å². The zero-order valence-corrected chi connectivity index (χ0v) is 10.9. The van der Waals surface area contributed by atoms with Crippen molar-refractivity contribution in [2.24, 2.45) is 0 Å². The van der Waals surface area contributed by atoms with Crippen LogP contribution in [0, 0.1) is 0 Å². The second-order valence-corrected chi connectivity index (χ2v) is 4.87. The molecule has 0 aromatic heterocycles. The molecule has 0 saturated carbocycles. The molecule has 0 spiro atoms. The molecule has 2 heterocycles. The second-order valence-electron chi connectivity index (χ2n) is 4.87. The van der Waals surface area contributed by atoms with E-state index in [9.17, 15) is 4.79 Å². The molecule has 4 nitrogen and oxygen atoms in total. The normalized spacial score (nSPS) is 24.9. The van der Waals surface area contributed by atoms with Crippen molar-refractivity contribution in [2.75, 3.05) is 13.7 Å².